The minimum Gasteiger partial charge on any atom is -0.489 e. The highest BCUT2D eigenvalue weighted by Crippen LogP contribution is 2.16. The minimum absolute atomic E-state index is 0.0196. The summed E-state index contributed by atoms with van der Waals surface area (Å²) in [6.45, 7) is 2.76. The van der Waals surface area contributed by atoms with Crippen molar-refractivity contribution >= 4 is 23.7 Å². The van der Waals surface area contributed by atoms with E-state index in [9.17, 15) is 4.79 Å². The third kappa shape index (κ3) is 16.2. The van der Waals surface area contributed by atoms with Gasteiger partial charge in [0.25, 0.3) is 0 Å². The molecule has 37 heavy (non-hydrogen) atoms. The van der Waals surface area contributed by atoms with Crippen molar-refractivity contribution in [2.75, 3.05) is 0 Å². The number of nitrogens with one attached hydrogen (secondary N) is 1. The zero-order chi connectivity index (χ0) is 26.4. The molecular formula is C32H47ClN2O2. The predicted octanol–water partition coefficient (Wildman–Crippen LogP) is 9.63. The Morgan fingerprint density at radius 1 is 0.757 bits per heavy atom. The van der Waals surface area contributed by atoms with Gasteiger partial charge in [0.15, 0.2) is 0 Å². The summed E-state index contributed by atoms with van der Waals surface area (Å²) >= 11 is 5.91. The molecule has 1 amide bonds. The quantitative estimate of drug-likeness (QED) is 0.0999. The van der Waals surface area contributed by atoms with Gasteiger partial charge in [-0.05, 0) is 53.9 Å². The number of hydrogen-bond acceptors (Lipinski definition) is 3. The molecule has 0 aliphatic carbocycles. The Balaban J connectivity index is 1.42. The highest BCUT2D eigenvalue weighted by Gasteiger charge is 2.01. The zero-order valence-electron chi connectivity index (χ0n) is 22.9. The summed E-state index contributed by atoms with van der Waals surface area (Å²) in [6, 6.07) is 15.2. The van der Waals surface area contributed by atoms with Crippen LogP contribution in [-0.2, 0) is 11.4 Å². The molecule has 0 saturated heterocycles. The summed E-state index contributed by atoms with van der Waals surface area (Å²) < 4.78 is 5.79. The van der Waals surface area contributed by atoms with Gasteiger partial charge >= 0.3 is 0 Å². The van der Waals surface area contributed by atoms with E-state index in [1.54, 1.807) is 6.21 Å². The monoisotopic (exact) mass is 526 g/mol. The normalized spacial score (nSPS) is 11.2. The van der Waals surface area contributed by atoms with Gasteiger partial charge in [0.2, 0.25) is 5.91 Å². The van der Waals surface area contributed by atoms with Gasteiger partial charge in [-0.15, -0.1) is 0 Å². The summed E-state index contributed by atoms with van der Waals surface area (Å²) in [5, 5.41) is 4.80. The van der Waals surface area contributed by atoms with Crippen LogP contribution in [0.2, 0.25) is 5.02 Å². The second-order valence-electron chi connectivity index (χ2n) is 9.98. The van der Waals surface area contributed by atoms with E-state index in [1.807, 2.05) is 48.5 Å². The van der Waals surface area contributed by atoms with Crippen LogP contribution in [0.1, 0.15) is 121 Å². The fraction of sp³-hybridized carbons (Fsp3) is 0.562. The Bertz CT molecular complexity index is 865. The first-order valence-electron chi connectivity index (χ1n) is 14.5. The predicted molar refractivity (Wildman–Crippen MR) is 158 cm³/mol. The van der Waals surface area contributed by atoms with Crippen molar-refractivity contribution in [1.29, 1.82) is 0 Å². The Morgan fingerprint density at radius 3 is 1.81 bits per heavy atom. The van der Waals surface area contributed by atoms with Gasteiger partial charge in [0.05, 0.1) is 6.21 Å². The SMILES string of the molecule is CCCCCCCCCCCCCCCCCC(=O)N/N=C\c1ccc(OCc2ccc(Cl)cc2)cc1. The first-order valence-corrected chi connectivity index (χ1v) is 14.8. The van der Waals surface area contributed by atoms with E-state index >= 15 is 0 Å². The second kappa shape index (κ2) is 20.7. The van der Waals surface area contributed by atoms with E-state index in [1.165, 1.54) is 83.5 Å². The smallest absolute Gasteiger partial charge is 0.240 e. The van der Waals surface area contributed by atoms with Gasteiger partial charge in [-0.2, -0.15) is 5.10 Å². The van der Waals surface area contributed by atoms with Crippen LogP contribution in [0.5, 0.6) is 5.75 Å². The molecule has 0 aromatic heterocycles. The Kier molecular flexibility index (Phi) is 17.3. The number of benzene rings is 2. The molecule has 0 saturated carbocycles. The molecule has 5 heteroatoms. The maximum absolute atomic E-state index is 12.0. The molecule has 1 N–H and O–H groups in total. The Hall–Kier alpha value is -2.33. The summed E-state index contributed by atoms with van der Waals surface area (Å²) in [5.74, 6) is 0.762. The van der Waals surface area contributed by atoms with Crippen LogP contribution in [0, 0.1) is 0 Å². The lowest BCUT2D eigenvalue weighted by atomic mass is 10.0. The summed E-state index contributed by atoms with van der Waals surface area (Å²) in [7, 11) is 0. The molecule has 0 unspecified atom stereocenters. The number of carbonyl (C=O) groups is 1. The fourth-order valence-electron chi connectivity index (χ4n) is 4.29. The van der Waals surface area contributed by atoms with Crippen molar-refractivity contribution < 1.29 is 9.53 Å². The number of unbranched alkanes of at least 4 members (excludes halogenated alkanes) is 14. The molecular weight excluding hydrogens is 480 g/mol. The van der Waals surface area contributed by atoms with Crippen molar-refractivity contribution in [2.45, 2.75) is 116 Å². The molecule has 0 heterocycles. The molecule has 0 atom stereocenters. The van der Waals surface area contributed by atoms with E-state index < -0.39 is 0 Å². The number of nitrogens with zero attached hydrogens (tertiary/aromatic N) is 1. The van der Waals surface area contributed by atoms with Gasteiger partial charge < -0.3 is 4.74 Å². The zero-order valence-corrected chi connectivity index (χ0v) is 23.6. The number of hydrazone groups is 1. The first kappa shape index (κ1) is 30.9. The lowest BCUT2D eigenvalue weighted by Crippen LogP contribution is -2.16. The number of hydrogen-bond donors (Lipinski definition) is 1. The molecule has 0 spiro atoms. The lowest BCUT2D eigenvalue weighted by Gasteiger charge is -2.06. The lowest BCUT2D eigenvalue weighted by molar-refractivity contribution is -0.121. The van der Waals surface area contributed by atoms with Crippen molar-refractivity contribution in [1.82, 2.24) is 5.43 Å². The minimum atomic E-state index is -0.0196. The molecule has 0 bridgehead atoms. The number of carbonyl (C=O) groups excluding carboxylic acids is 1. The number of rotatable bonds is 21. The summed E-state index contributed by atoms with van der Waals surface area (Å²) in [4.78, 5) is 12.0. The largest absolute Gasteiger partial charge is 0.489 e. The second-order valence-corrected chi connectivity index (χ2v) is 10.4. The van der Waals surface area contributed by atoms with Crippen LogP contribution >= 0.6 is 11.6 Å². The molecule has 0 fully saturated rings. The first-order chi connectivity index (χ1) is 18.2. The number of ether oxygens (including phenoxy) is 1. The third-order valence-corrected chi connectivity index (χ3v) is 6.86. The molecule has 0 radical (unpaired) electrons. The van der Waals surface area contributed by atoms with Crippen LogP contribution in [0.15, 0.2) is 53.6 Å². The van der Waals surface area contributed by atoms with Gasteiger partial charge in [0, 0.05) is 11.4 Å². The maximum Gasteiger partial charge on any atom is 0.240 e. The van der Waals surface area contributed by atoms with E-state index in [2.05, 4.69) is 17.5 Å². The third-order valence-electron chi connectivity index (χ3n) is 6.61. The topological polar surface area (TPSA) is 50.7 Å². The molecule has 204 valence electrons. The van der Waals surface area contributed by atoms with Crippen LogP contribution < -0.4 is 10.2 Å². The molecule has 4 nitrogen and oxygen atoms in total. The van der Waals surface area contributed by atoms with E-state index in [0.717, 1.165) is 29.7 Å². The fourth-order valence-corrected chi connectivity index (χ4v) is 4.41. The van der Waals surface area contributed by atoms with E-state index in [0.29, 0.717) is 18.1 Å². The number of halogens is 1. The summed E-state index contributed by atoms with van der Waals surface area (Å²) in [5.41, 5.74) is 4.61. The number of amides is 1. The van der Waals surface area contributed by atoms with Crippen molar-refractivity contribution in [3.05, 3.63) is 64.7 Å². The standard InChI is InChI=1S/C32H47ClN2O2/c1-2-3-4-5-6-7-8-9-10-11-12-13-14-15-16-17-32(36)35-34-26-28-20-24-31(25-21-28)37-27-29-18-22-30(33)23-19-29/h18-26H,2-17,27H2,1H3,(H,35,36)/b34-26-. The summed E-state index contributed by atoms with van der Waals surface area (Å²) in [6.07, 6.45) is 22.1. The van der Waals surface area contributed by atoms with Crippen molar-refractivity contribution in [3.8, 4) is 5.75 Å². The average Bonchev–Trinajstić information content (AvgIpc) is 2.91. The van der Waals surface area contributed by atoms with Gasteiger partial charge in [-0.3, -0.25) is 4.79 Å². The van der Waals surface area contributed by atoms with Gasteiger partial charge in [0.1, 0.15) is 12.4 Å². The molecule has 2 rings (SSSR count). The molecule has 2 aromatic rings. The van der Waals surface area contributed by atoms with E-state index in [4.69, 9.17) is 16.3 Å². The maximum atomic E-state index is 12.0. The highest BCUT2D eigenvalue weighted by molar-refractivity contribution is 6.30. The van der Waals surface area contributed by atoms with Crippen LogP contribution in [0.4, 0.5) is 0 Å². The average molecular weight is 527 g/mol. The Labute approximate surface area is 230 Å². The van der Waals surface area contributed by atoms with Crippen LogP contribution in [0.3, 0.4) is 0 Å². The van der Waals surface area contributed by atoms with Crippen LogP contribution in [-0.4, -0.2) is 12.1 Å². The van der Waals surface area contributed by atoms with Crippen molar-refractivity contribution in [2.24, 2.45) is 5.10 Å². The van der Waals surface area contributed by atoms with E-state index in [-0.39, 0.29) is 5.91 Å². The molecule has 0 aliphatic rings. The van der Waals surface area contributed by atoms with Gasteiger partial charge in [-0.25, -0.2) is 5.43 Å². The highest BCUT2D eigenvalue weighted by atomic mass is 35.5. The Morgan fingerprint density at radius 2 is 1.27 bits per heavy atom. The van der Waals surface area contributed by atoms with Gasteiger partial charge in [-0.1, -0.05) is 121 Å². The van der Waals surface area contributed by atoms with Crippen molar-refractivity contribution in [3.63, 3.8) is 0 Å². The molecule has 0 aliphatic heterocycles. The van der Waals surface area contributed by atoms with Crippen LogP contribution in [0.25, 0.3) is 0 Å². The molecule has 2 aromatic carbocycles.